The molecule has 28 heavy (non-hydrogen) atoms. The van der Waals surface area contributed by atoms with Gasteiger partial charge in [0.15, 0.2) is 0 Å². The fourth-order valence-electron chi connectivity index (χ4n) is 2.59. The molecule has 0 aliphatic carbocycles. The summed E-state index contributed by atoms with van der Waals surface area (Å²) in [7, 11) is 0. The SMILES string of the molecule is N#Cc1ccc(OCCCCCOC2=COC(CO)=CC2CC=C=O)cc1F. The number of carbonyl (C=O) groups excluding carboxylic acids is 1. The van der Waals surface area contributed by atoms with Gasteiger partial charge >= 0.3 is 0 Å². The van der Waals surface area contributed by atoms with Gasteiger partial charge in [-0.3, -0.25) is 0 Å². The highest BCUT2D eigenvalue weighted by Crippen LogP contribution is 2.26. The van der Waals surface area contributed by atoms with Crippen molar-refractivity contribution in [2.45, 2.75) is 25.7 Å². The zero-order valence-electron chi connectivity index (χ0n) is 15.4. The summed E-state index contributed by atoms with van der Waals surface area (Å²) in [4.78, 5) is 10.4. The fourth-order valence-corrected chi connectivity index (χ4v) is 2.59. The lowest BCUT2D eigenvalue weighted by molar-refractivity contribution is 0.144. The van der Waals surface area contributed by atoms with E-state index in [1.54, 1.807) is 24.2 Å². The van der Waals surface area contributed by atoms with Crippen LogP contribution in [-0.4, -0.2) is 30.9 Å². The zero-order chi connectivity index (χ0) is 20.2. The molecule has 0 bridgehead atoms. The number of aliphatic hydroxyl groups is 1. The van der Waals surface area contributed by atoms with Gasteiger partial charge in [-0.1, -0.05) is 0 Å². The first kappa shape index (κ1) is 21.2. The Labute approximate surface area is 163 Å². The molecule has 1 aromatic carbocycles. The van der Waals surface area contributed by atoms with Gasteiger partial charge in [0, 0.05) is 18.1 Å². The van der Waals surface area contributed by atoms with Crippen molar-refractivity contribution in [1.82, 2.24) is 0 Å². The summed E-state index contributed by atoms with van der Waals surface area (Å²) in [5, 5.41) is 17.8. The lowest BCUT2D eigenvalue weighted by atomic mass is 10.0. The van der Waals surface area contributed by atoms with Crippen molar-refractivity contribution in [3.8, 4) is 11.8 Å². The number of nitrogens with zero attached hydrogens (tertiary/aromatic N) is 1. The predicted molar refractivity (Wildman–Crippen MR) is 99.1 cm³/mol. The van der Waals surface area contributed by atoms with E-state index in [-0.39, 0.29) is 18.1 Å². The number of allylic oxidation sites excluding steroid dienone is 2. The predicted octanol–water partition coefficient (Wildman–Crippen LogP) is 3.40. The number of aliphatic hydroxyl groups excluding tert-OH is 1. The zero-order valence-corrected chi connectivity index (χ0v) is 15.4. The second kappa shape index (κ2) is 11.6. The van der Waals surface area contributed by atoms with Crippen LogP contribution in [0.15, 0.2) is 48.1 Å². The van der Waals surface area contributed by atoms with E-state index in [4.69, 9.17) is 24.6 Å². The van der Waals surface area contributed by atoms with Crippen LogP contribution >= 0.6 is 0 Å². The third-order valence-corrected chi connectivity index (χ3v) is 4.08. The number of rotatable bonds is 11. The van der Waals surface area contributed by atoms with Gasteiger partial charge in [-0.2, -0.15) is 5.26 Å². The standard InChI is InChI=1S/C21H22FNO5/c22-20-12-18(7-6-17(20)13-23)26-9-2-1-3-10-27-21-15-28-19(14-25)11-16(21)5-4-8-24/h4,6-7,11-12,15-16,25H,1-3,5,9-10,14H2. The molecule has 0 aromatic heterocycles. The second-order valence-corrected chi connectivity index (χ2v) is 6.10. The van der Waals surface area contributed by atoms with E-state index in [2.05, 4.69) is 0 Å². The van der Waals surface area contributed by atoms with Crippen molar-refractivity contribution in [1.29, 1.82) is 5.26 Å². The highest BCUT2D eigenvalue weighted by Gasteiger charge is 2.19. The molecule has 0 amide bonds. The van der Waals surface area contributed by atoms with E-state index in [1.807, 2.05) is 0 Å². The first-order chi connectivity index (χ1) is 13.7. The Morgan fingerprint density at radius 3 is 2.71 bits per heavy atom. The van der Waals surface area contributed by atoms with E-state index in [0.717, 1.165) is 19.3 Å². The Kier molecular flexibility index (Phi) is 8.80. The monoisotopic (exact) mass is 387 g/mol. The lowest BCUT2D eigenvalue weighted by Gasteiger charge is -2.21. The van der Waals surface area contributed by atoms with Crippen LogP contribution in [0.1, 0.15) is 31.2 Å². The normalized spacial score (nSPS) is 15.4. The number of benzene rings is 1. The highest BCUT2D eigenvalue weighted by molar-refractivity contribution is 5.45. The third-order valence-electron chi connectivity index (χ3n) is 4.08. The average Bonchev–Trinajstić information content (AvgIpc) is 2.72. The highest BCUT2D eigenvalue weighted by atomic mass is 19.1. The minimum Gasteiger partial charge on any atom is -0.494 e. The molecular weight excluding hydrogens is 365 g/mol. The van der Waals surface area contributed by atoms with Crippen molar-refractivity contribution in [2.24, 2.45) is 5.92 Å². The molecule has 0 saturated heterocycles. The molecule has 2 rings (SSSR count). The summed E-state index contributed by atoms with van der Waals surface area (Å²) in [6.07, 6.45) is 7.40. The molecular formula is C21H22FNO5. The fraction of sp³-hybridized carbons (Fsp3) is 0.381. The van der Waals surface area contributed by atoms with E-state index < -0.39 is 5.82 Å². The smallest absolute Gasteiger partial charge is 0.144 e. The Bertz CT molecular complexity index is 806. The number of nitriles is 1. The van der Waals surface area contributed by atoms with Gasteiger partial charge in [0.25, 0.3) is 0 Å². The van der Waals surface area contributed by atoms with Crippen molar-refractivity contribution in [3.63, 3.8) is 0 Å². The van der Waals surface area contributed by atoms with Gasteiger partial charge in [-0.25, -0.2) is 9.18 Å². The Morgan fingerprint density at radius 2 is 2.04 bits per heavy atom. The van der Waals surface area contributed by atoms with E-state index >= 15 is 0 Å². The van der Waals surface area contributed by atoms with Crippen molar-refractivity contribution >= 4 is 5.94 Å². The molecule has 1 aliphatic heterocycles. The maximum atomic E-state index is 13.5. The number of halogens is 1. The molecule has 148 valence electrons. The quantitative estimate of drug-likeness (QED) is 0.462. The first-order valence-corrected chi connectivity index (χ1v) is 9.00. The van der Waals surface area contributed by atoms with Crippen LogP contribution in [-0.2, 0) is 14.3 Å². The molecule has 1 unspecified atom stereocenters. The number of hydrogen-bond donors (Lipinski definition) is 1. The summed E-state index contributed by atoms with van der Waals surface area (Å²) < 4.78 is 30.0. The van der Waals surface area contributed by atoms with Gasteiger partial charge in [0.2, 0.25) is 0 Å². The molecule has 1 N–H and O–H groups in total. The van der Waals surface area contributed by atoms with Crippen LogP contribution < -0.4 is 4.74 Å². The second-order valence-electron chi connectivity index (χ2n) is 6.10. The molecule has 1 aliphatic rings. The van der Waals surface area contributed by atoms with Gasteiger partial charge in [0.1, 0.15) is 48.0 Å². The topological polar surface area (TPSA) is 88.8 Å². The minimum atomic E-state index is -0.589. The Morgan fingerprint density at radius 1 is 1.25 bits per heavy atom. The molecule has 6 nitrogen and oxygen atoms in total. The average molecular weight is 387 g/mol. The molecule has 7 heteroatoms. The van der Waals surface area contributed by atoms with Crippen LogP contribution in [0.5, 0.6) is 5.75 Å². The molecule has 0 saturated carbocycles. The Hall–Kier alpha value is -3.07. The van der Waals surface area contributed by atoms with Crippen LogP contribution in [0, 0.1) is 23.1 Å². The summed E-state index contributed by atoms with van der Waals surface area (Å²) in [5.41, 5.74) is -0.00612. The number of ether oxygens (including phenoxy) is 3. The minimum absolute atomic E-state index is 0.00612. The Balaban J connectivity index is 1.65. The summed E-state index contributed by atoms with van der Waals surface area (Å²) in [6.45, 7) is 0.699. The van der Waals surface area contributed by atoms with Gasteiger partial charge < -0.3 is 19.3 Å². The summed E-state index contributed by atoms with van der Waals surface area (Å²) in [5.74, 6) is 2.42. The van der Waals surface area contributed by atoms with E-state index in [9.17, 15) is 9.18 Å². The maximum Gasteiger partial charge on any atom is 0.144 e. The number of hydrogen-bond acceptors (Lipinski definition) is 6. The van der Waals surface area contributed by atoms with Crippen LogP contribution in [0.3, 0.4) is 0 Å². The van der Waals surface area contributed by atoms with Crippen molar-refractivity contribution in [2.75, 3.05) is 19.8 Å². The van der Waals surface area contributed by atoms with Crippen LogP contribution in [0.4, 0.5) is 4.39 Å². The van der Waals surface area contributed by atoms with Crippen LogP contribution in [0.2, 0.25) is 0 Å². The van der Waals surface area contributed by atoms with Gasteiger partial charge in [0.05, 0.1) is 18.8 Å². The maximum absolute atomic E-state index is 13.5. The first-order valence-electron chi connectivity index (χ1n) is 9.00. The molecule has 0 spiro atoms. The summed E-state index contributed by atoms with van der Waals surface area (Å²) in [6, 6.07) is 5.94. The summed E-state index contributed by atoms with van der Waals surface area (Å²) >= 11 is 0. The molecule has 0 radical (unpaired) electrons. The molecule has 0 fully saturated rings. The largest absolute Gasteiger partial charge is 0.494 e. The van der Waals surface area contributed by atoms with Crippen molar-refractivity contribution < 1.29 is 28.5 Å². The van der Waals surface area contributed by atoms with E-state index in [0.29, 0.717) is 36.9 Å². The van der Waals surface area contributed by atoms with Crippen LogP contribution in [0.25, 0.3) is 0 Å². The number of unbranched alkanes of at least 4 members (excludes halogenated alkanes) is 2. The molecule has 1 heterocycles. The van der Waals surface area contributed by atoms with Gasteiger partial charge in [-0.05, 0) is 43.9 Å². The lowest BCUT2D eigenvalue weighted by Crippen LogP contribution is -2.13. The molecule has 1 atom stereocenters. The molecule has 1 aromatic rings. The van der Waals surface area contributed by atoms with Crippen molar-refractivity contribution in [3.05, 3.63) is 59.5 Å². The van der Waals surface area contributed by atoms with Gasteiger partial charge in [-0.15, -0.1) is 0 Å². The third kappa shape index (κ3) is 6.58. The van der Waals surface area contributed by atoms with E-state index in [1.165, 1.54) is 24.5 Å².